The lowest BCUT2D eigenvalue weighted by Gasteiger charge is -2.19. The molecule has 0 atom stereocenters. The zero-order valence-corrected chi connectivity index (χ0v) is 18.0. The molecule has 0 radical (unpaired) electrons. The first kappa shape index (κ1) is 21.6. The first-order valence-electron chi connectivity index (χ1n) is 8.70. The third kappa shape index (κ3) is 5.28. The number of nitrogens with zero attached hydrogens (tertiary/aromatic N) is 2. The van der Waals surface area contributed by atoms with Crippen LogP contribution < -0.4 is 4.41 Å². The minimum atomic E-state index is -3.45. The van der Waals surface area contributed by atoms with Crippen LogP contribution in [0.25, 0.3) is 0 Å². The minimum absolute atomic E-state index is 0.0146. The van der Waals surface area contributed by atoms with E-state index in [1.165, 1.54) is 12.3 Å². The number of rotatable bonds is 7. The zero-order chi connectivity index (χ0) is 21.5. The Morgan fingerprint density at radius 2 is 1.40 bits per heavy atom. The topological polar surface area (TPSA) is 94.9 Å². The highest BCUT2D eigenvalue weighted by molar-refractivity contribution is 9.10. The summed E-state index contributed by atoms with van der Waals surface area (Å²) in [4.78, 5) is 25.1. The van der Waals surface area contributed by atoms with Gasteiger partial charge in [0.05, 0.1) is 4.47 Å². The van der Waals surface area contributed by atoms with Crippen molar-refractivity contribution in [2.24, 2.45) is 0 Å². The van der Waals surface area contributed by atoms with Crippen LogP contribution in [0.5, 0.6) is 0 Å². The van der Waals surface area contributed by atoms with E-state index in [4.69, 9.17) is 9.47 Å². The molecule has 1 aromatic heterocycles. The summed E-state index contributed by atoms with van der Waals surface area (Å²) in [5.41, 5.74) is 1.28. The Morgan fingerprint density at radius 1 is 0.867 bits per heavy atom. The van der Waals surface area contributed by atoms with E-state index in [-0.39, 0.29) is 23.4 Å². The molecule has 0 spiro atoms. The molecule has 10 heteroatoms. The van der Waals surface area contributed by atoms with Gasteiger partial charge in [-0.3, -0.25) is 0 Å². The summed E-state index contributed by atoms with van der Waals surface area (Å²) < 4.78 is 35.4. The number of aromatic nitrogens is 1. The second-order valence-corrected chi connectivity index (χ2v) is 7.69. The molecule has 0 saturated carbocycles. The summed E-state index contributed by atoms with van der Waals surface area (Å²) >= 11 is 3.19. The third-order valence-electron chi connectivity index (χ3n) is 3.95. The first-order valence-corrected chi connectivity index (χ1v) is 10.6. The zero-order valence-electron chi connectivity index (χ0n) is 15.5. The van der Waals surface area contributed by atoms with Gasteiger partial charge >= 0.3 is 12.1 Å². The Kier molecular flexibility index (Phi) is 7.26. The summed E-state index contributed by atoms with van der Waals surface area (Å²) in [5.74, 6) is -0.812. The molecule has 0 aliphatic carbocycles. The normalized spacial score (nSPS) is 10.6. The lowest BCUT2D eigenvalue weighted by Crippen LogP contribution is -2.41. The fraction of sp³-hybridized carbons (Fsp3) is 0.100. The Hall–Kier alpha value is -3.11. The van der Waals surface area contributed by atoms with Crippen molar-refractivity contribution in [3.05, 3.63) is 94.2 Å². The van der Waals surface area contributed by atoms with Gasteiger partial charge in [-0.2, -0.15) is 0 Å². The molecule has 30 heavy (non-hydrogen) atoms. The maximum Gasteiger partial charge on any atom is 0.443 e. The van der Waals surface area contributed by atoms with Crippen LogP contribution in [0.4, 0.5) is 4.79 Å². The Balaban J connectivity index is 1.78. The average Bonchev–Trinajstić information content (AvgIpc) is 3.12. The number of carbonyl (C=O) groups is 2. The number of esters is 1. The minimum Gasteiger partial charge on any atom is -0.456 e. The van der Waals surface area contributed by atoms with E-state index in [2.05, 4.69) is 15.9 Å². The summed E-state index contributed by atoms with van der Waals surface area (Å²) in [6, 6.07) is 19.2. The van der Waals surface area contributed by atoms with Gasteiger partial charge in [0, 0.05) is 6.20 Å². The van der Waals surface area contributed by atoms with Crippen molar-refractivity contribution in [3.8, 4) is 0 Å². The second kappa shape index (κ2) is 10.1. The second-order valence-electron chi connectivity index (χ2n) is 5.99. The summed E-state index contributed by atoms with van der Waals surface area (Å²) in [7, 11) is -3.45. The van der Waals surface area contributed by atoms with Crippen LogP contribution in [0, 0.1) is 0 Å². The number of hydrogen-bond donors (Lipinski definition) is 1. The van der Waals surface area contributed by atoms with Crippen molar-refractivity contribution in [1.82, 2.24) is 4.68 Å². The third-order valence-corrected chi connectivity index (χ3v) is 5.26. The number of ether oxygens (including phenoxy) is 2. The van der Waals surface area contributed by atoms with Crippen molar-refractivity contribution in [2.75, 3.05) is 4.41 Å². The van der Waals surface area contributed by atoms with E-state index < -0.39 is 23.0 Å². The van der Waals surface area contributed by atoms with E-state index in [1.807, 2.05) is 6.07 Å². The molecule has 0 saturated heterocycles. The van der Waals surface area contributed by atoms with Crippen molar-refractivity contribution in [1.29, 1.82) is 0 Å². The molecule has 0 aliphatic rings. The van der Waals surface area contributed by atoms with Gasteiger partial charge in [0.25, 0.3) is 0 Å². The fourth-order valence-electron chi connectivity index (χ4n) is 2.55. The Labute approximate surface area is 182 Å². The molecule has 3 aromatic rings. The molecule has 1 heterocycles. The fourth-order valence-corrected chi connectivity index (χ4v) is 3.51. The molecule has 0 N–H and O–H groups in total. The quantitative estimate of drug-likeness (QED) is 0.401. The van der Waals surface area contributed by atoms with Gasteiger partial charge in [-0.1, -0.05) is 60.7 Å². The van der Waals surface area contributed by atoms with Gasteiger partial charge in [0.1, 0.15) is 13.2 Å². The highest BCUT2D eigenvalue weighted by atomic mass is 79.9. The SMILES string of the molecule is O=C(OCc1ccccc1)c1c(Br)ccn1N(C(=O)OCc1ccccc1)[SH](=O)=O. The smallest absolute Gasteiger partial charge is 0.443 e. The van der Waals surface area contributed by atoms with Crippen molar-refractivity contribution in [2.45, 2.75) is 13.2 Å². The van der Waals surface area contributed by atoms with E-state index in [0.717, 1.165) is 10.2 Å². The molecule has 2 aromatic carbocycles. The van der Waals surface area contributed by atoms with Crippen LogP contribution >= 0.6 is 15.9 Å². The number of carbonyl (C=O) groups excluding carboxylic acids is 2. The van der Waals surface area contributed by atoms with Gasteiger partial charge < -0.3 is 9.47 Å². The maximum absolute atomic E-state index is 12.6. The monoisotopic (exact) mass is 492 g/mol. The van der Waals surface area contributed by atoms with Crippen LogP contribution in [0.3, 0.4) is 0 Å². The highest BCUT2D eigenvalue weighted by Gasteiger charge is 2.27. The average molecular weight is 493 g/mol. The summed E-state index contributed by atoms with van der Waals surface area (Å²) in [5, 5.41) is 0. The number of thiol groups is 1. The lowest BCUT2D eigenvalue weighted by atomic mass is 10.2. The van der Waals surface area contributed by atoms with Crippen LogP contribution in [0.1, 0.15) is 21.6 Å². The molecule has 3 rings (SSSR count). The molecular weight excluding hydrogens is 476 g/mol. The van der Waals surface area contributed by atoms with Crippen molar-refractivity contribution in [3.63, 3.8) is 0 Å². The van der Waals surface area contributed by atoms with Gasteiger partial charge in [-0.05, 0) is 33.1 Å². The highest BCUT2D eigenvalue weighted by Crippen LogP contribution is 2.21. The molecule has 0 unspecified atom stereocenters. The van der Waals surface area contributed by atoms with Crippen LogP contribution in [-0.4, -0.2) is 25.2 Å². The van der Waals surface area contributed by atoms with Gasteiger partial charge in [-0.25, -0.2) is 22.7 Å². The predicted molar refractivity (Wildman–Crippen MR) is 113 cm³/mol. The molecule has 1 amide bonds. The van der Waals surface area contributed by atoms with Crippen molar-refractivity contribution < 1.29 is 27.5 Å². The number of halogens is 1. The molecule has 8 nitrogen and oxygen atoms in total. The standard InChI is InChI=1S/C20H17BrN2O6S/c21-17-11-12-22(18(17)19(24)28-13-15-7-3-1-4-8-15)23(30(26)27)20(25)29-14-16-9-5-2-6-10-16/h1-12,30H,13-14H2. The van der Waals surface area contributed by atoms with Crippen molar-refractivity contribution >= 4 is 38.9 Å². The summed E-state index contributed by atoms with van der Waals surface area (Å²) in [6.07, 6.45) is 0.0909. The molecular formula is C20H17BrN2O6S. The largest absolute Gasteiger partial charge is 0.456 e. The lowest BCUT2D eigenvalue weighted by molar-refractivity contribution is 0.0459. The first-order chi connectivity index (χ1) is 14.5. The van der Waals surface area contributed by atoms with Crippen LogP contribution in [0.15, 0.2) is 77.4 Å². The number of amides is 1. The predicted octanol–water partition coefficient (Wildman–Crippen LogP) is 3.41. The maximum atomic E-state index is 12.6. The Bertz CT molecular complexity index is 1090. The van der Waals surface area contributed by atoms with Crippen LogP contribution in [0.2, 0.25) is 0 Å². The summed E-state index contributed by atoms with van der Waals surface area (Å²) in [6.45, 7) is -0.144. The van der Waals surface area contributed by atoms with Crippen LogP contribution in [-0.2, 0) is 33.6 Å². The van der Waals surface area contributed by atoms with Gasteiger partial charge in [0.15, 0.2) is 5.69 Å². The van der Waals surface area contributed by atoms with E-state index in [9.17, 15) is 18.0 Å². The van der Waals surface area contributed by atoms with Gasteiger partial charge in [-0.15, -0.1) is 4.41 Å². The Morgan fingerprint density at radius 3 is 1.93 bits per heavy atom. The number of hydrogen-bond acceptors (Lipinski definition) is 6. The van der Waals surface area contributed by atoms with E-state index >= 15 is 0 Å². The molecule has 0 fully saturated rings. The van der Waals surface area contributed by atoms with E-state index in [1.54, 1.807) is 54.6 Å². The molecule has 0 bridgehead atoms. The molecule has 0 aliphatic heterocycles. The molecule has 156 valence electrons. The number of benzene rings is 2. The van der Waals surface area contributed by atoms with Gasteiger partial charge in [0.2, 0.25) is 10.9 Å². The van der Waals surface area contributed by atoms with E-state index in [0.29, 0.717) is 9.98 Å².